The molecule has 0 spiro atoms. The molecule has 0 fully saturated rings. The van der Waals surface area contributed by atoms with Crippen LogP contribution in [-0.2, 0) is 14.3 Å². The van der Waals surface area contributed by atoms with Gasteiger partial charge in [-0.2, -0.15) is 0 Å². The minimum absolute atomic E-state index is 0.00652. The van der Waals surface area contributed by atoms with Crippen molar-refractivity contribution in [3.63, 3.8) is 0 Å². The quantitative estimate of drug-likeness (QED) is 0.0421. The third-order valence-corrected chi connectivity index (χ3v) is 11.9. The molecule has 6 nitrogen and oxygen atoms in total. The zero-order valence-electron chi connectivity index (χ0n) is 37.9. The van der Waals surface area contributed by atoms with Crippen LogP contribution >= 0.6 is 0 Å². The molecule has 3 N–H and O–H groups in total. The molecule has 0 saturated carbocycles. The Bertz CT molecular complexity index is 791. The normalized spacial score (nSPS) is 12.6. The first-order valence-corrected chi connectivity index (χ1v) is 25.3. The van der Waals surface area contributed by atoms with Crippen molar-refractivity contribution in [2.24, 2.45) is 0 Å². The maximum Gasteiger partial charge on any atom is 0.305 e. The van der Waals surface area contributed by atoms with Gasteiger partial charge >= 0.3 is 5.97 Å². The highest BCUT2D eigenvalue weighted by Crippen LogP contribution is 2.17. The number of esters is 1. The Kier molecular flexibility index (Phi) is 45.6. The second-order valence-electron chi connectivity index (χ2n) is 17.5. The molecule has 6 heteroatoms. The van der Waals surface area contributed by atoms with E-state index in [0.29, 0.717) is 25.9 Å². The Morgan fingerprint density at radius 2 is 0.732 bits per heavy atom. The standard InChI is InChI=1S/C50H99NO5/c1-3-5-7-9-11-13-15-17-19-24-28-32-36-40-44-50(55)56-45-41-37-33-29-25-21-20-23-27-31-35-39-43-49(54)51-47(46-52)48(53)42-38-34-30-26-22-18-16-14-12-10-8-6-4-2/h47-48,52-53H,3-46H2,1-2H3,(H,51,54). The summed E-state index contributed by atoms with van der Waals surface area (Å²) in [7, 11) is 0. The van der Waals surface area contributed by atoms with Crippen LogP contribution in [0, 0.1) is 0 Å². The number of carbonyl (C=O) groups excluding carboxylic acids is 2. The van der Waals surface area contributed by atoms with Gasteiger partial charge in [0.25, 0.3) is 0 Å². The molecule has 0 aliphatic rings. The Morgan fingerprint density at radius 1 is 0.429 bits per heavy atom. The second-order valence-corrected chi connectivity index (χ2v) is 17.5. The number of carbonyl (C=O) groups is 2. The molecule has 0 aliphatic heterocycles. The van der Waals surface area contributed by atoms with E-state index < -0.39 is 12.1 Å². The molecule has 0 aromatic rings. The molecular formula is C50H99NO5. The van der Waals surface area contributed by atoms with Crippen LogP contribution in [0.25, 0.3) is 0 Å². The van der Waals surface area contributed by atoms with Crippen molar-refractivity contribution >= 4 is 11.9 Å². The van der Waals surface area contributed by atoms with Gasteiger partial charge in [-0.05, 0) is 25.7 Å². The van der Waals surface area contributed by atoms with Crippen molar-refractivity contribution in [2.75, 3.05) is 13.2 Å². The summed E-state index contributed by atoms with van der Waals surface area (Å²) in [6.45, 7) is 4.93. The van der Waals surface area contributed by atoms with E-state index in [4.69, 9.17) is 4.74 Å². The molecule has 334 valence electrons. The maximum absolute atomic E-state index is 12.4. The van der Waals surface area contributed by atoms with Crippen LogP contribution < -0.4 is 5.32 Å². The number of nitrogens with one attached hydrogen (secondary N) is 1. The molecule has 2 unspecified atom stereocenters. The lowest BCUT2D eigenvalue weighted by Gasteiger charge is -2.22. The predicted octanol–water partition coefficient (Wildman–Crippen LogP) is 14.8. The van der Waals surface area contributed by atoms with Gasteiger partial charge < -0.3 is 20.3 Å². The van der Waals surface area contributed by atoms with E-state index in [0.717, 1.165) is 57.8 Å². The lowest BCUT2D eigenvalue weighted by Crippen LogP contribution is -2.45. The van der Waals surface area contributed by atoms with Gasteiger partial charge in [-0.3, -0.25) is 9.59 Å². The number of hydrogen-bond donors (Lipinski definition) is 3. The molecule has 0 radical (unpaired) electrons. The number of rotatable bonds is 47. The van der Waals surface area contributed by atoms with Gasteiger partial charge in [-0.1, -0.05) is 245 Å². The SMILES string of the molecule is CCCCCCCCCCCCCCCCC(=O)OCCCCCCCCCCCCCCC(=O)NC(CO)C(O)CCCCCCCCCCCCCCC. The number of aliphatic hydroxyl groups is 2. The second kappa shape index (κ2) is 46.5. The highest BCUT2D eigenvalue weighted by molar-refractivity contribution is 5.76. The van der Waals surface area contributed by atoms with Crippen LogP contribution in [0.3, 0.4) is 0 Å². The van der Waals surface area contributed by atoms with E-state index in [9.17, 15) is 19.8 Å². The third kappa shape index (κ3) is 42.5. The smallest absolute Gasteiger partial charge is 0.305 e. The zero-order chi connectivity index (χ0) is 40.8. The summed E-state index contributed by atoms with van der Waals surface area (Å²) in [5.41, 5.74) is 0. The lowest BCUT2D eigenvalue weighted by molar-refractivity contribution is -0.143. The minimum Gasteiger partial charge on any atom is -0.466 e. The monoisotopic (exact) mass is 794 g/mol. The molecule has 0 saturated heterocycles. The number of aliphatic hydroxyl groups excluding tert-OH is 2. The first-order valence-electron chi connectivity index (χ1n) is 25.3. The summed E-state index contributed by atoms with van der Waals surface area (Å²) in [6, 6.07) is -0.550. The molecule has 0 aromatic heterocycles. The van der Waals surface area contributed by atoms with Crippen molar-refractivity contribution in [3.8, 4) is 0 Å². The molecular weight excluding hydrogens is 695 g/mol. The fraction of sp³-hybridized carbons (Fsp3) is 0.960. The molecule has 1 amide bonds. The number of hydrogen-bond acceptors (Lipinski definition) is 5. The van der Waals surface area contributed by atoms with Crippen molar-refractivity contribution in [1.82, 2.24) is 5.32 Å². The lowest BCUT2D eigenvalue weighted by atomic mass is 10.0. The van der Waals surface area contributed by atoms with Gasteiger partial charge in [0.15, 0.2) is 0 Å². The average Bonchev–Trinajstić information content (AvgIpc) is 3.20. The molecule has 0 bridgehead atoms. The van der Waals surface area contributed by atoms with E-state index in [1.807, 2.05) is 0 Å². The Labute approximate surface area is 349 Å². The summed E-state index contributed by atoms with van der Waals surface area (Å²) in [5.74, 6) is -0.0557. The molecule has 0 aliphatic carbocycles. The van der Waals surface area contributed by atoms with Crippen LogP contribution in [0.4, 0.5) is 0 Å². The van der Waals surface area contributed by atoms with Gasteiger partial charge in [0.05, 0.1) is 25.4 Å². The van der Waals surface area contributed by atoms with Gasteiger partial charge in [-0.15, -0.1) is 0 Å². The van der Waals surface area contributed by atoms with E-state index in [-0.39, 0.29) is 18.5 Å². The topological polar surface area (TPSA) is 95.9 Å². The van der Waals surface area contributed by atoms with E-state index in [1.165, 1.54) is 193 Å². The van der Waals surface area contributed by atoms with Crippen molar-refractivity contribution in [1.29, 1.82) is 0 Å². The molecule has 2 atom stereocenters. The Morgan fingerprint density at radius 3 is 1.09 bits per heavy atom. The summed E-state index contributed by atoms with van der Waals surface area (Å²) >= 11 is 0. The maximum atomic E-state index is 12.4. The summed E-state index contributed by atoms with van der Waals surface area (Å²) < 4.78 is 5.46. The zero-order valence-corrected chi connectivity index (χ0v) is 37.9. The third-order valence-electron chi connectivity index (χ3n) is 11.9. The van der Waals surface area contributed by atoms with Gasteiger partial charge in [0.1, 0.15) is 0 Å². The van der Waals surface area contributed by atoms with Crippen LogP contribution in [-0.4, -0.2) is 47.4 Å². The summed E-state index contributed by atoms with van der Waals surface area (Å²) in [4.78, 5) is 24.4. The summed E-state index contributed by atoms with van der Waals surface area (Å²) in [5, 5.41) is 23.2. The molecule has 0 rings (SSSR count). The molecule has 0 heterocycles. The van der Waals surface area contributed by atoms with Crippen molar-refractivity contribution in [3.05, 3.63) is 0 Å². The van der Waals surface area contributed by atoms with Gasteiger partial charge in [0.2, 0.25) is 5.91 Å². The van der Waals surface area contributed by atoms with Crippen LogP contribution in [0.1, 0.15) is 284 Å². The van der Waals surface area contributed by atoms with Crippen LogP contribution in [0.2, 0.25) is 0 Å². The van der Waals surface area contributed by atoms with Gasteiger partial charge in [-0.25, -0.2) is 0 Å². The largest absolute Gasteiger partial charge is 0.466 e. The first-order chi connectivity index (χ1) is 27.5. The van der Waals surface area contributed by atoms with Crippen molar-refractivity contribution < 1.29 is 24.5 Å². The minimum atomic E-state index is -0.672. The van der Waals surface area contributed by atoms with Gasteiger partial charge in [0, 0.05) is 12.8 Å². The number of ether oxygens (including phenoxy) is 1. The summed E-state index contributed by atoms with van der Waals surface area (Å²) in [6.07, 6.45) is 50.6. The van der Waals surface area contributed by atoms with E-state index in [2.05, 4.69) is 19.2 Å². The van der Waals surface area contributed by atoms with Crippen LogP contribution in [0.5, 0.6) is 0 Å². The van der Waals surface area contributed by atoms with Crippen LogP contribution in [0.15, 0.2) is 0 Å². The number of unbranched alkanes of at least 4 members (excludes halogenated alkanes) is 36. The Hall–Kier alpha value is -1.14. The fourth-order valence-electron chi connectivity index (χ4n) is 7.99. The first kappa shape index (κ1) is 54.9. The molecule has 0 aromatic carbocycles. The Balaban J connectivity index is 3.44. The average molecular weight is 794 g/mol. The fourth-order valence-corrected chi connectivity index (χ4v) is 7.99. The highest BCUT2D eigenvalue weighted by Gasteiger charge is 2.20. The van der Waals surface area contributed by atoms with Crippen molar-refractivity contribution in [2.45, 2.75) is 296 Å². The number of amides is 1. The van der Waals surface area contributed by atoms with E-state index in [1.54, 1.807) is 0 Å². The molecule has 56 heavy (non-hydrogen) atoms. The highest BCUT2D eigenvalue weighted by atomic mass is 16.5. The predicted molar refractivity (Wildman–Crippen MR) is 241 cm³/mol. The van der Waals surface area contributed by atoms with E-state index >= 15 is 0 Å².